The molecule has 1 unspecified atom stereocenters. The fourth-order valence-corrected chi connectivity index (χ4v) is 1.13. The number of carboxylic acid groups (broad SMARTS) is 1. The first-order valence-electron chi connectivity index (χ1n) is 3.95. The Morgan fingerprint density at radius 1 is 1.53 bits per heavy atom. The Kier molecular flexibility index (Phi) is 3.11. The molecule has 1 rings (SSSR count). The summed E-state index contributed by atoms with van der Waals surface area (Å²) < 4.78 is 17.5. The second-order valence-electron chi connectivity index (χ2n) is 2.76. The van der Waals surface area contributed by atoms with E-state index >= 15 is 0 Å². The summed E-state index contributed by atoms with van der Waals surface area (Å²) in [6, 6.07) is 1.88. The summed E-state index contributed by atoms with van der Waals surface area (Å²) in [5.41, 5.74) is -0.205. The molecule has 0 radical (unpaired) electrons. The molecule has 82 valence electrons. The molecule has 15 heavy (non-hydrogen) atoms. The molecule has 0 aromatic heterocycles. The number of carboxylic acids is 1. The lowest BCUT2D eigenvalue weighted by Crippen LogP contribution is -2.12. The van der Waals surface area contributed by atoms with Gasteiger partial charge in [-0.25, -0.2) is 9.18 Å². The average molecular weight is 216 g/mol. The van der Waals surface area contributed by atoms with Crippen molar-refractivity contribution < 1.29 is 29.2 Å². The molecule has 0 amide bonds. The highest BCUT2D eigenvalue weighted by Gasteiger charge is 2.24. The van der Waals surface area contributed by atoms with Gasteiger partial charge in [-0.15, -0.1) is 0 Å². The Morgan fingerprint density at radius 3 is 2.60 bits per heavy atom. The number of halogens is 1. The van der Waals surface area contributed by atoms with E-state index in [9.17, 15) is 19.4 Å². The maximum atomic E-state index is 12.9. The molecule has 0 heterocycles. The highest BCUT2D eigenvalue weighted by Crippen LogP contribution is 2.35. The van der Waals surface area contributed by atoms with Gasteiger partial charge in [0.05, 0.1) is 7.11 Å². The van der Waals surface area contributed by atoms with Crippen LogP contribution in [0.25, 0.3) is 0 Å². The van der Waals surface area contributed by atoms with E-state index in [0.717, 1.165) is 19.2 Å². The molecule has 0 bridgehead atoms. The summed E-state index contributed by atoms with van der Waals surface area (Å²) in [5, 5.41) is 27.0. The normalized spacial score (nSPS) is 12.2. The molecule has 0 saturated carbocycles. The molecule has 0 saturated heterocycles. The van der Waals surface area contributed by atoms with Gasteiger partial charge in [0.2, 0.25) is 0 Å². The minimum atomic E-state index is -1.87. The highest BCUT2D eigenvalue weighted by atomic mass is 19.1. The number of phenolic OH excluding ortho intramolecular Hbond substituents is 1. The Morgan fingerprint density at radius 2 is 2.13 bits per heavy atom. The summed E-state index contributed by atoms with van der Waals surface area (Å²) in [6.45, 7) is 0. The van der Waals surface area contributed by atoms with Crippen molar-refractivity contribution in [2.24, 2.45) is 0 Å². The van der Waals surface area contributed by atoms with E-state index in [-0.39, 0.29) is 11.3 Å². The number of carbonyl (C=O) groups is 1. The van der Waals surface area contributed by atoms with E-state index in [1.54, 1.807) is 0 Å². The fourth-order valence-electron chi connectivity index (χ4n) is 1.13. The number of rotatable bonds is 3. The van der Waals surface area contributed by atoms with Crippen LogP contribution in [0.15, 0.2) is 12.1 Å². The van der Waals surface area contributed by atoms with E-state index in [4.69, 9.17) is 5.11 Å². The molecule has 6 heteroatoms. The minimum absolute atomic E-state index is 0.205. The minimum Gasteiger partial charge on any atom is -0.502 e. The smallest absolute Gasteiger partial charge is 0.337 e. The van der Waals surface area contributed by atoms with Crippen molar-refractivity contribution in [2.45, 2.75) is 6.10 Å². The van der Waals surface area contributed by atoms with Crippen molar-refractivity contribution in [3.8, 4) is 11.5 Å². The van der Waals surface area contributed by atoms with Gasteiger partial charge in [0.1, 0.15) is 0 Å². The highest BCUT2D eigenvalue weighted by molar-refractivity contribution is 5.75. The van der Waals surface area contributed by atoms with Crippen LogP contribution in [0.3, 0.4) is 0 Å². The third-order valence-corrected chi connectivity index (χ3v) is 1.85. The lowest BCUT2D eigenvalue weighted by Gasteiger charge is -2.12. The summed E-state index contributed by atoms with van der Waals surface area (Å²) in [7, 11) is 1.13. The molecule has 1 aromatic carbocycles. The first-order chi connectivity index (χ1) is 6.99. The number of benzene rings is 1. The van der Waals surface area contributed by atoms with Crippen molar-refractivity contribution in [3.05, 3.63) is 23.5 Å². The summed E-state index contributed by atoms with van der Waals surface area (Å²) in [5.74, 6) is -3.67. The lowest BCUT2D eigenvalue weighted by molar-refractivity contribution is -0.147. The number of hydrogen-bond acceptors (Lipinski definition) is 4. The second-order valence-corrected chi connectivity index (χ2v) is 2.76. The van der Waals surface area contributed by atoms with Crippen LogP contribution < -0.4 is 4.74 Å². The van der Waals surface area contributed by atoms with Gasteiger partial charge in [-0.2, -0.15) is 0 Å². The van der Waals surface area contributed by atoms with Crippen molar-refractivity contribution in [1.29, 1.82) is 0 Å². The predicted molar refractivity (Wildman–Crippen MR) is 47.2 cm³/mol. The summed E-state index contributed by atoms with van der Waals surface area (Å²) in [4.78, 5) is 10.5. The molecule has 0 spiro atoms. The number of aliphatic carboxylic acids is 1. The van der Waals surface area contributed by atoms with Crippen molar-refractivity contribution >= 4 is 5.97 Å². The van der Waals surface area contributed by atoms with Crippen LogP contribution in [0.1, 0.15) is 11.7 Å². The van der Waals surface area contributed by atoms with Gasteiger partial charge in [-0.05, 0) is 12.1 Å². The largest absolute Gasteiger partial charge is 0.502 e. The topological polar surface area (TPSA) is 87.0 Å². The van der Waals surface area contributed by atoms with Gasteiger partial charge in [0, 0.05) is 5.56 Å². The van der Waals surface area contributed by atoms with Crippen molar-refractivity contribution in [3.63, 3.8) is 0 Å². The second kappa shape index (κ2) is 4.14. The zero-order valence-electron chi connectivity index (χ0n) is 7.77. The number of aromatic hydroxyl groups is 1. The molecule has 0 aliphatic heterocycles. The Hall–Kier alpha value is -1.82. The van der Waals surface area contributed by atoms with E-state index in [1.807, 2.05) is 0 Å². The van der Waals surface area contributed by atoms with E-state index in [0.29, 0.717) is 0 Å². The first kappa shape index (κ1) is 11.3. The van der Waals surface area contributed by atoms with Crippen molar-refractivity contribution in [1.82, 2.24) is 0 Å². The monoisotopic (exact) mass is 216 g/mol. The number of phenols is 1. The van der Waals surface area contributed by atoms with E-state index < -0.39 is 23.6 Å². The van der Waals surface area contributed by atoms with Gasteiger partial charge in [-0.3, -0.25) is 0 Å². The molecule has 5 nitrogen and oxygen atoms in total. The average Bonchev–Trinajstić information content (AvgIpc) is 2.20. The summed E-state index contributed by atoms with van der Waals surface area (Å²) >= 11 is 0. The van der Waals surface area contributed by atoms with Gasteiger partial charge < -0.3 is 20.1 Å². The van der Waals surface area contributed by atoms with Crippen LogP contribution in [0, 0.1) is 5.82 Å². The van der Waals surface area contributed by atoms with Crippen LogP contribution in [-0.4, -0.2) is 28.4 Å². The SMILES string of the molecule is COc1c(C(O)C(=O)O)ccc(F)c1O. The number of ether oxygens (including phenoxy) is 1. The number of aliphatic hydroxyl groups is 1. The zero-order chi connectivity index (χ0) is 11.6. The Balaban J connectivity index is 3.30. The third-order valence-electron chi connectivity index (χ3n) is 1.85. The molecular weight excluding hydrogens is 207 g/mol. The van der Waals surface area contributed by atoms with E-state index in [2.05, 4.69) is 4.74 Å². The number of methoxy groups -OCH3 is 1. The number of hydrogen-bond donors (Lipinski definition) is 3. The van der Waals surface area contributed by atoms with Gasteiger partial charge >= 0.3 is 5.97 Å². The standard InChI is InChI=1S/C9H9FO5/c1-15-8-4(6(11)9(13)14)2-3-5(10)7(8)12/h2-3,6,11-12H,1H3,(H,13,14). The fraction of sp³-hybridized carbons (Fsp3) is 0.222. The molecule has 3 N–H and O–H groups in total. The van der Waals surface area contributed by atoms with Crippen molar-refractivity contribution in [2.75, 3.05) is 7.11 Å². The molecule has 0 aliphatic rings. The Labute approximate surface area is 84.3 Å². The van der Waals surface area contributed by atoms with Crippen LogP contribution >= 0.6 is 0 Å². The summed E-state index contributed by atoms with van der Waals surface area (Å²) in [6.07, 6.45) is -1.87. The van der Waals surface area contributed by atoms with Gasteiger partial charge in [0.25, 0.3) is 0 Å². The van der Waals surface area contributed by atoms with Crippen LogP contribution in [-0.2, 0) is 4.79 Å². The molecule has 1 atom stereocenters. The quantitative estimate of drug-likeness (QED) is 0.690. The molecule has 0 fully saturated rings. The maximum Gasteiger partial charge on any atom is 0.337 e. The first-order valence-corrected chi connectivity index (χ1v) is 3.95. The maximum absolute atomic E-state index is 12.9. The molecule has 0 aliphatic carbocycles. The van der Waals surface area contributed by atoms with Crippen LogP contribution in [0.4, 0.5) is 4.39 Å². The van der Waals surface area contributed by atoms with Gasteiger partial charge in [-0.1, -0.05) is 0 Å². The van der Waals surface area contributed by atoms with Crippen LogP contribution in [0.2, 0.25) is 0 Å². The lowest BCUT2D eigenvalue weighted by atomic mass is 10.1. The van der Waals surface area contributed by atoms with Gasteiger partial charge in [0.15, 0.2) is 23.4 Å². The molecular formula is C9H9FO5. The third kappa shape index (κ3) is 1.99. The Bertz CT molecular complexity index is 390. The number of aliphatic hydroxyl groups excluding tert-OH is 1. The van der Waals surface area contributed by atoms with Crippen LogP contribution in [0.5, 0.6) is 11.5 Å². The zero-order valence-corrected chi connectivity index (χ0v) is 7.77. The predicted octanol–water partition coefficient (Wildman–Crippen LogP) is 0.658. The van der Waals surface area contributed by atoms with E-state index in [1.165, 1.54) is 0 Å². The molecule has 1 aromatic rings.